The summed E-state index contributed by atoms with van der Waals surface area (Å²) in [7, 11) is 0. The fraction of sp³-hybridized carbons (Fsp3) is 0.556. The van der Waals surface area contributed by atoms with Crippen LogP contribution in [-0.4, -0.2) is 41.8 Å². The predicted octanol–water partition coefficient (Wildman–Crippen LogP) is 2.70. The second kappa shape index (κ2) is 8.10. The van der Waals surface area contributed by atoms with Crippen molar-refractivity contribution in [3.63, 3.8) is 0 Å². The Labute approximate surface area is 150 Å². The Hall–Kier alpha value is -1.43. The highest BCUT2D eigenvalue weighted by Crippen LogP contribution is 2.29. The zero-order valence-corrected chi connectivity index (χ0v) is 15.7. The number of Topliss-reactive ketones (excluding diaryl/α,β-unsaturated/α-hetero) is 1. The number of piperidine rings is 1. The Balaban J connectivity index is 0.00000288. The smallest absolute Gasteiger partial charge is 0.241 e. The van der Waals surface area contributed by atoms with Gasteiger partial charge in [-0.15, -0.1) is 12.4 Å². The summed E-state index contributed by atoms with van der Waals surface area (Å²) in [5, 5.41) is 2.92. The lowest BCUT2D eigenvalue weighted by Crippen LogP contribution is -2.56. The van der Waals surface area contributed by atoms with Crippen molar-refractivity contribution in [2.45, 2.75) is 46.2 Å². The molecular weight excluding hydrogens is 326 g/mol. The van der Waals surface area contributed by atoms with Gasteiger partial charge in [-0.1, -0.05) is 13.8 Å². The number of hydrogen-bond acceptors (Lipinski definition) is 4. The maximum Gasteiger partial charge on any atom is 0.241 e. The van der Waals surface area contributed by atoms with Crippen LogP contribution in [0.15, 0.2) is 24.3 Å². The fourth-order valence-electron chi connectivity index (χ4n) is 2.95. The highest BCUT2D eigenvalue weighted by Gasteiger charge is 2.36. The van der Waals surface area contributed by atoms with Crippen LogP contribution in [0.25, 0.3) is 0 Å². The van der Waals surface area contributed by atoms with Gasteiger partial charge in [0.25, 0.3) is 0 Å². The number of benzene rings is 1. The average molecular weight is 354 g/mol. The molecule has 1 amide bonds. The largest absolute Gasteiger partial charge is 0.327 e. The van der Waals surface area contributed by atoms with Crippen LogP contribution >= 0.6 is 12.4 Å². The van der Waals surface area contributed by atoms with Gasteiger partial charge in [-0.05, 0) is 49.9 Å². The molecule has 6 heteroatoms. The Kier molecular flexibility index (Phi) is 6.96. The van der Waals surface area contributed by atoms with Crippen molar-refractivity contribution >= 4 is 29.8 Å². The van der Waals surface area contributed by atoms with E-state index in [2.05, 4.69) is 24.1 Å². The van der Waals surface area contributed by atoms with Crippen molar-refractivity contribution in [2.24, 2.45) is 11.1 Å². The Morgan fingerprint density at radius 2 is 1.88 bits per heavy atom. The van der Waals surface area contributed by atoms with Crippen LogP contribution in [0, 0.1) is 5.41 Å². The summed E-state index contributed by atoms with van der Waals surface area (Å²) in [6.45, 7) is 9.39. The van der Waals surface area contributed by atoms with Gasteiger partial charge in [-0.25, -0.2) is 0 Å². The molecule has 134 valence electrons. The first-order valence-corrected chi connectivity index (χ1v) is 8.12. The minimum atomic E-state index is -0.214. The van der Waals surface area contributed by atoms with Crippen LogP contribution in [0.3, 0.4) is 0 Å². The Morgan fingerprint density at radius 3 is 2.38 bits per heavy atom. The van der Waals surface area contributed by atoms with Crippen molar-refractivity contribution in [3.8, 4) is 0 Å². The number of halogens is 1. The molecule has 1 aromatic carbocycles. The van der Waals surface area contributed by atoms with Crippen molar-refractivity contribution in [2.75, 3.05) is 18.4 Å². The first kappa shape index (κ1) is 20.6. The van der Waals surface area contributed by atoms with Gasteiger partial charge >= 0.3 is 0 Å². The van der Waals surface area contributed by atoms with Gasteiger partial charge in [0.15, 0.2) is 5.78 Å². The van der Waals surface area contributed by atoms with E-state index in [1.165, 1.54) is 6.92 Å². The molecule has 0 spiro atoms. The number of nitrogens with zero attached hydrogens (tertiary/aromatic N) is 1. The minimum absolute atomic E-state index is 0. The lowest BCUT2D eigenvalue weighted by atomic mass is 9.79. The van der Waals surface area contributed by atoms with E-state index >= 15 is 0 Å². The number of ketones is 1. The summed E-state index contributed by atoms with van der Waals surface area (Å²) in [6.07, 6.45) is 0.901. The highest BCUT2D eigenvalue weighted by molar-refractivity contribution is 5.97. The highest BCUT2D eigenvalue weighted by atomic mass is 35.5. The van der Waals surface area contributed by atoms with E-state index in [4.69, 9.17) is 5.73 Å². The van der Waals surface area contributed by atoms with Crippen LogP contribution in [0.5, 0.6) is 0 Å². The number of likely N-dealkylation sites (tertiary alicyclic amines) is 1. The fourth-order valence-corrected chi connectivity index (χ4v) is 2.95. The van der Waals surface area contributed by atoms with Crippen LogP contribution in [0.4, 0.5) is 5.69 Å². The molecule has 0 aromatic heterocycles. The standard InChI is InChI=1S/C18H27N3O2.ClH/c1-12(21-10-9-16(19)18(3,4)11-21)17(23)20-15-7-5-14(6-8-15)13(2)22;/h5-8,12,16H,9-11,19H2,1-4H3,(H,20,23);1H. The monoisotopic (exact) mass is 353 g/mol. The number of carbonyl (C=O) groups excluding carboxylic acids is 2. The Bertz CT molecular complexity index is 586. The van der Waals surface area contributed by atoms with E-state index in [1.807, 2.05) is 6.92 Å². The molecule has 2 atom stereocenters. The number of nitrogens with one attached hydrogen (secondary N) is 1. The molecule has 0 aliphatic carbocycles. The van der Waals surface area contributed by atoms with Crippen molar-refractivity contribution < 1.29 is 9.59 Å². The molecule has 24 heavy (non-hydrogen) atoms. The number of anilines is 1. The van der Waals surface area contributed by atoms with Crippen molar-refractivity contribution in [1.29, 1.82) is 0 Å². The van der Waals surface area contributed by atoms with Gasteiger partial charge in [0.2, 0.25) is 5.91 Å². The third-order valence-electron chi connectivity index (χ3n) is 4.83. The van der Waals surface area contributed by atoms with Crippen molar-refractivity contribution in [1.82, 2.24) is 4.90 Å². The summed E-state index contributed by atoms with van der Waals surface area (Å²) in [5.74, 6) is -0.0185. The lowest BCUT2D eigenvalue weighted by Gasteiger charge is -2.44. The summed E-state index contributed by atoms with van der Waals surface area (Å²) in [4.78, 5) is 25.9. The number of nitrogens with two attached hydrogens (primary N) is 1. The van der Waals surface area contributed by atoms with E-state index in [0.717, 1.165) is 19.5 Å². The molecule has 5 nitrogen and oxygen atoms in total. The number of amides is 1. The van der Waals surface area contributed by atoms with Gasteiger partial charge in [0, 0.05) is 30.4 Å². The van der Waals surface area contributed by atoms with Crippen LogP contribution in [0.2, 0.25) is 0 Å². The quantitative estimate of drug-likeness (QED) is 0.816. The molecule has 1 aliphatic rings. The molecule has 1 saturated heterocycles. The van der Waals surface area contributed by atoms with Gasteiger partial charge in [0.05, 0.1) is 6.04 Å². The first-order valence-electron chi connectivity index (χ1n) is 8.12. The number of carbonyl (C=O) groups is 2. The van der Waals surface area contributed by atoms with E-state index < -0.39 is 0 Å². The van der Waals surface area contributed by atoms with Crippen LogP contribution < -0.4 is 11.1 Å². The van der Waals surface area contributed by atoms with E-state index in [9.17, 15) is 9.59 Å². The normalized spacial score (nSPS) is 21.5. The molecule has 2 unspecified atom stereocenters. The maximum absolute atomic E-state index is 12.5. The summed E-state index contributed by atoms with van der Waals surface area (Å²) in [6, 6.07) is 6.94. The second-order valence-corrected chi connectivity index (χ2v) is 7.15. The van der Waals surface area contributed by atoms with Gasteiger partial charge in [-0.3, -0.25) is 14.5 Å². The second-order valence-electron chi connectivity index (χ2n) is 7.15. The molecule has 2 rings (SSSR count). The van der Waals surface area contributed by atoms with Crippen LogP contribution in [0.1, 0.15) is 44.5 Å². The zero-order chi connectivity index (χ0) is 17.2. The SMILES string of the molecule is CC(=O)c1ccc(NC(=O)C(C)N2CCC(N)C(C)(C)C2)cc1.Cl. The molecule has 1 fully saturated rings. The lowest BCUT2D eigenvalue weighted by molar-refractivity contribution is -0.122. The molecular formula is C18H28ClN3O2. The third-order valence-corrected chi connectivity index (χ3v) is 4.83. The third kappa shape index (κ3) is 4.79. The first-order chi connectivity index (χ1) is 10.7. The molecule has 1 aliphatic heterocycles. The van der Waals surface area contributed by atoms with Gasteiger partial charge < -0.3 is 11.1 Å². The molecule has 0 saturated carbocycles. The van der Waals surface area contributed by atoms with E-state index in [0.29, 0.717) is 11.3 Å². The maximum atomic E-state index is 12.5. The summed E-state index contributed by atoms with van der Waals surface area (Å²) >= 11 is 0. The van der Waals surface area contributed by atoms with E-state index in [-0.39, 0.29) is 41.6 Å². The van der Waals surface area contributed by atoms with Crippen LogP contribution in [-0.2, 0) is 4.79 Å². The minimum Gasteiger partial charge on any atom is -0.327 e. The average Bonchev–Trinajstić information content (AvgIpc) is 2.49. The summed E-state index contributed by atoms with van der Waals surface area (Å²) < 4.78 is 0. The summed E-state index contributed by atoms with van der Waals surface area (Å²) in [5.41, 5.74) is 7.52. The number of hydrogen-bond donors (Lipinski definition) is 2. The zero-order valence-electron chi connectivity index (χ0n) is 14.8. The van der Waals surface area contributed by atoms with Crippen molar-refractivity contribution in [3.05, 3.63) is 29.8 Å². The van der Waals surface area contributed by atoms with E-state index in [1.54, 1.807) is 24.3 Å². The molecule has 0 bridgehead atoms. The molecule has 0 radical (unpaired) electrons. The van der Waals surface area contributed by atoms with Gasteiger partial charge in [0.1, 0.15) is 0 Å². The predicted molar refractivity (Wildman–Crippen MR) is 99.7 cm³/mol. The number of rotatable bonds is 4. The van der Waals surface area contributed by atoms with Gasteiger partial charge in [-0.2, -0.15) is 0 Å². The topological polar surface area (TPSA) is 75.4 Å². The molecule has 3 N–H and O–H groups in total. The molecule has 1 heterocycles. The Morgan fingerprint density at radius 1 is 1.29 bits per heavy atom. The molecule has 1 aromatic rings.